The van der Waals surface area contributed by atoms with Crippen molar-refractivity contribution >= 4 is 19.7 Å². The van der Waals surface area contributed by atoms with E-state index in [2.05, 4.69) is 0 Å². The molecule has 1 aromatic carbocycles. The van der Waals surface area contributed by atoms with Gasteiger partial charge in [-0.05, 0) is 31.0 Å². The average Bonchev–Trinajstić information content (AvgIpc) is 2.29. The largest absolute Gasteiger partial charge is 0.490 e. The lowest BCUT2D eigenvalue weighted by Crippen LogP contribution is -2.09. The summed E-state index contributed by atoms with van der Waals surface area (Å²) in [5.74, 6) is 0.260. The maximum absolute atomic E-state index is 11.4. The summed E-state index contributed by atoms with van der Waals surface area (Å²) in [4.78, 5) is -0.000316. The Morgan fingerprint density at radius 1 is 1.22 bits per heavy atom. The molecule has 0 N–H and O–H groups in total. The lowest BCUT2D eigenvalue weighted by atomic mass is 10.2. The quantitative estimate of drug-likeness (QED) is 0.573. The van der Waals surface area contributed by atoms with Crippen LogP contribution in [0.2, 0.25) is 0 Å². The van der Waals surface area contributed by atoms with E-state index < -0.39 is 9.05 Å². The van der Waals surface area contributed by atoms with Crippen LogP contribution >= 0.6 is 10.7 Å². The molecule has 0 saturated heterocycles. The van der Waals surface area contributed by atoms with Gasteiger partial charge >= 0.3 is 0 Å². The number of ether oxygens (including phenoxy) is 2. The molecule has 0 aromatic heterocycles. The van der Waals surface area contributed by atoms with Gasteiger partial charge in [0, 0.05) is 17.3 Å². The zero-order valence-corrected chi connectivity index (χ0v) is 12.1. The Bertz CT molecular complexity index is 485. The van der Waals surface area contributed by atoms with Crippen LogP contribution in [-0.4, -0.2) is 28.2 Å². The Labute approximate surface area is 112 Å². The van der Waals surface area contributed by atoms with Crippen LogP contribution in [0.3, 0.4) is 0 Å². The Morgan fingerprint density at radius 2 is 1.94 bits per heavy atom. The fraction of sp³-hybridized carbons (Fsp3) is 0.500. The van der Waals surface area contributed by atoms with Crippen molar-refractivity contribution in [1.82, 2.24) is 0 Å². The number of benzene rings is 1. The molecule has 0 spiro atoms. The second-order valence-corrected chi connectivity index (χ2v) is 6.38. The van der Waals surface area contributed by atoms with Gasteiger partial charge in [0.1, 0.15) is 17.3 Å². The van der Waals surface area contributed by atoms with Gasteiger partial charge in [-0.3, -0.25) is 0 Å². The molecule has 0 heterocycles. The van der Waals surface area contributed by atoms with Gasteiger partial charge in [-0.25, -0.2) is 8.42 Å². The minimum Gasteiger partial charge on any atom is -0.490 e. The zero-order valence-electron chi connectivity index (χ0n) is 10.5. The molecule has 0 aliphatic rings. The maximum atomic E-state index is 11.4. The maximum Gasteiger partial charge on any atom is 0.264 e. The van der Waals surface area contributed by atoms with Crippen molar-refractivity contribution < 1.29 is 17.9 Å². The van der Waals surface area contributed by atoms with Crippen LogP contribution in [0.4, 0.5) is 0 Å². The highest BCUT2D eigenvalue weighted by Gasteiger charge is 2.16. The van der Waals surface area contributed by atoms with Crippen molar-refractivity contribution in [3.63, 3.8) is 0 Å². The summed E-state index contributed by atoms with van der Waals surface area (Å²) >= 11 is 0. The molecule has 0 fully saturated rings. The van der Waals surface area contributed by atoms with Gasteiger partial charge in [0.15, 0.2) is 0 Å². The summed E-state index contributed by atoms with van der Waals surface area (Å²) in [6.45, 7) is 5.18. The normalized spacial score (nSPS) is 11.5. The summed E-state index contributed by atoms with van der Waals surface area (Å²) in [6, 6.07) is 4.86. The molecule has 0 atom stereocenters. The van der Waals surface area contributed by atoms with Crippen LogP contribution in [0.5, 0.6) is 5.75 Å². The molecule has 0 amide bonds. The summed E-state index contributed by atoms with van der Waals surface area (Å²) in [7, 11) is 1.56. The molecule has 0 radical (unpaired) electrons. The highest BCUT2D eigenvalue weighted by Crippen LogP contribution is 2.27. The molecular weight excluding hydrogens is 276 g/mol. The summed E-state index contributed by atoms with van der Waals surface area (Å²) in [5, 5.41) is 0. The number of aryl methyl sites for hydroxylation is 1. The molecule has 102 valence electrons. The van der Waals surface area contributed by atoms with Crippen molar-refractivity contribution in [3.8, 4) is 5.75 Å². The lowest BCUT2D eigenvalue weighted by Gasteiger charge is -2.10. The van der Waals surface area contributed by atoms with Crippen molar-refractivity contribution in [1.29, 1.82) is 0 Å². The molecule has 0 bridgehead atoms. The SMILES string of the molecule is CCCOCCOc1ccc(C)cc1S(=O)(=O)Cl. The second-order valence-electron chi connectivity index (χ2n) is 3.85. The lowest BCUT2D eigenvalue weighted by molar-refractivity contribution is 0.0996. The first kappa shape index (κ1) is 15.3. The summed E-state index contributed by atoms with van der Waals surface area (Å²) in [5.41, 5.74) is 0.809. The predicted molar refractivity (Wildman–Crippen MR) is 70.8 cm³/mol. The van der Waals surface area contributed by atoms with Crippen LogP contribution in [0.15, 0.2) is 23.1 Å². The van der Waals surface area contributed by atoms with E-state index in [1.165, 1.54) is 6.07 Å². The minimum absolute atomic E-state index is 0.000316. The Hall–Kier alpha value is -0.780. The Morgan fingerprint density at radius 3 is 2.56 bits per heavy atom. The molecule has 0 aliphatic heterocycles. The fourth-order valence-corrected chi connectivity index (χ4v) is 2.44. The molecule has 18 heavy (non-hydrogen) atoms. The van der Waals surface area contributed by atoms with Gasteiger partial charge < -0.3 is 9.47 Å². The molecule has 6 heteroatoms. The third-order valence-corrected chi connectivity index (χ3v) is 3.54. The standard InChI is InChI=1S/C12H17ClO4S/c1-3-6-16-7-8-17-11-5-4-10(2)9-12(11)18(13,14)15/h4-5,9H,3,6-8H2,1-2H3. The molecule has 0 aliphatic carbocycles. The predicted octanol–water partition coefficient (Wildman–Crippen LogP) is 2.73. The molecule has 1 rings (SSSR count). The Kier molecular flexibility index (Phi) is 5.91. The molecule has 0 saturated carbocycles. The van der Waals surface area contributed by atoms with E-state index in [1.54, 1.807) is 19.1 Å². The second kappa shape index (κ2) is 6.97. The van der Waals surface area contributed by atoms with Gasteiger partial charge in [0.2, 0.25) is 0 Å². The van der Waals surface area contributed by atoms with E-state index in [-0.39, 0.29) is 10.6 Å². The van der Waals surface area contributed by atoms with Gasteiger partial charge in [0.05, 0.1) is 6.61 Å². The first-order chi connectivity index (χ1) is 8.45. The van der Waals surface area contributed by atoms with Gasteiger partial charge in [-0.1, -0.05) is 13.0 Å². The molecule has 1 aromatic rings. The highest BCUT2D eigenvalue weighted by atomic mass is 35.7. The monoisotopic (exact) mass is 292 g/mol. The van der Waals surface area contributed by atoms with Gasteiger partial charge in [-0.15, -0.1) is 0 Å². The summed E-state index contributed by atoms with van der Waals surface area (Å²) in [6.07, 6.45) is 0.936. The van der Waals surface area contributed by atoms with Crippen molar-refractivity contribution in [2.75, 3.05) is 19.8 Å². The van der Waals surface area contributed by atoms with E-state index in [4.69, 9.17) is 20.2 Å². The third-order valence-electron chi connectivity index (χ3n) is 2.20. The van der Waals surface area contributed by atoms with Crippen LogP contribution in [0, 0.1) is 6.92 Å². The average molecular weight is 293 g/mol. The highest BCUT2D eigenvalue weighted by molar-refractivity contribution is 8.13. The minimum atomic E-state index is -3.80. The molecule has 4 nitrogen and oxygen atoms in total. The van der Waals surface area contributed by atoms with E-state index in [0.717, 1.165) is 12.0 Å². The number of halogens is 1. The van der Waals surface area contributed by atoms with Crippen molar-refractivity contribution in [3.05, 3.63) is 23.8 Å². The van der Waals surface area contributed by atoms with Crippen LogP contribution in [0.25, 0.3) is 0 Å². The van der Waals surface area contributed by atoms with E-state index in [9.17, 15) is 8.42 Å². The van der Waals surface area contributed by atoms with Gasteiger partial charge in [-0.2, -0.15) is 0 Å². The van der Waals surface area contributed by atoms with E-state index in [1.807, 2.05) is 6.92 Å². The van der Waals surface area contributed by atoms with Crippen molar-refractivity contribution in [2.24, 2.45) is 0 Å². The zero-order chi connectivity index (χ0) is 13.6. The first-order valence-corrected chi connectivity index (χ1v) is 8.02. The van der Waals surface area contributed by atoms with Crippen molar-refractivity contribution in [2.45, 2.75) is 25.2 Å². The smallest absolute Gasteiger partial charge is 0.264 e. The molecular formula is C12H17ClO4S. The number of rotatable bonds is 7. The number of hydrogen-bond acceptors (Lipinski definition) is 4. The van der Waals surface area contributed by atoms with Crippen LogP contribution in [-0.2, 0) is 13.8 Å². The third kappa shape index (κ3) is 4.84. The molecule has 0 unspecified atom stereocenters. The van der Waals surface area contributed by atoms with E-state index in [0.29, 0.717) is 19.8 Å². The summed E-state index contributed by atoms with van der Waals surface area (Å²) < 4.78 is 33.4. The van der Waals surface area contributed by atoms with Crippen LogP contribution in [0.1, 0.15) is 18.9 Å². The van der Waals surface area contributed by atoms with Gasteiger partial charge in [0.25, 0.3) is 9.05 Å². The topological polar surface area (TPSA) is 52.6 Å². The Balaban J connectivity index is 2.71. The first-order valence-electron chi connectivity index (χ1n) is 5.71. The fourth-order valence-electron chi connectivity index (χ4n) is 1.38. The van der Waals surface area contributed by atoms with E-state index >= 15 is 0 Å². The number of hydrogen-bond donors (Lipinski definition) is 0. The van der Waals surface area contributed by atoms with Crippen LogP contribution < -0.4 is 4.74 Å².